The molecule has 0 fully saturated rings. The van der Waals surface area contributed by atoms with Crippen LogP contribution in [0.1, 0.15) is 6.92 Å². The van der Waals surface area contributed by atoms with Crippen molar-refractivity contribution in [1.82, 2.24) is 9.36 Å². The maximum absolute atomic E-state index is 11.7. The fraction of sp³-hybridized carbons (Fsp3) is 0.300. The van der Waals surface area contributed by atoms with Gasteiger partial charge < -0.3 is 0 Å². The Labute approximate surface area is 90.1 Å². The molecular weight excluding hydrogens is 244 g/mol. The normalized spacial score (nSPS) is 11.1. The van der Waals surface area contributed by atoms with Crippen LogP contribution in [0, 0.1) is 0 Å². The zero-order chi connectivity index (χ0) is 10.3. The summed E-state index contributed by atoms with van der Waals surface area (Å²) in [4.78, 5) is 11.7. The van der Waals surface area contributed by atoms with Gasteiger partial charge in [-0.2, -0.15) is 0 Å². The molecule has 0 N–H and O–H groups in total. The number of aromatic nitrogens is 2. The molecule has 3 nitrogen and oxygen atoms in total. The largest absolute Gasteiger partial charge is 0.282 e. The Bertz CT molecular complexity index is 539. The van der Waals surface area contributed by atoms with E-state index in [2.05, 4.69) is 15.9 Å². The Morgan fingerprint density at radius 1 is 1.43 bits per heavy atom. The van der Waals surface area contributed by atoms with E-state index in [4.69, 9.17) is 0 Å². The smallest absolute Gasteiger partial charge is 0.274 e. The molecule has 0 aliphatic carbocycles. The number of nitrogens with zero attached hydrogens (tertiary/aromatic N) is 2. The summed E-state index contributed by atoms with van der Waals surface area (Å²) in [5, 5.41) is 0.776. The number of hydrogen-bond acceptors (Lipinski definition) is 1. The van der Waals surface area contributed by atoms with E-state index in [1.54, 1.807) is 11.7 Å². The molecule has 0 bridgehead atoms. The second-order valence-electron chi connectivity index (χ2n) is 3.21. The van der Waals surface area contributed by atoms with E-state index in [9.17, 15) is 4.79 Å². The highest BCUT2D eigenvalue weighted by atomic mass is 79.9. The lowest BCUT2D eigenvalue weighted by Crippen LogP contribution is -2.18. The summed E-state index contributed by atoms with van der Waals surface area (Å²) >= 11 is 3.40. The first kappa shape index (κ1) is 9.52. The quantitative estimate of drug-likeness (QED) is 0.766. The van der Waals surface area contributed by atoms with Crippen LogP contribution in [0.4, 0.5) is 0 Å². The van der Waals surface area contributed by atoms with Crippen LogP contribution in [0.3, 0.4) is 0 Å². The second kappa shape index (κ2) is 3.28. The predicted octanol–water partition coefficient (Wildman–Crippen LogP) is 2.12. The lowest BCUT2D eigenvalue weighted by atomic mass is 10.2. The molecule has 1 heterocycles. The van der Waals surface area contributed by atoms with Gasteiger partial charge in [-0.05, 0) is 25.1 Å². The molecule has 2 rings (SSSR count). The number of rotatable bonds is 1. The van der Waals surface area contributed by atoms with Crippen molar-refractivity contribution in [3.63, 3.8) is 0 Å². The van der Waals surface area contributed by atoms with Crippen LogP contribution in [0.25, 0.3) is 10.9 Å². The van der Waals surface area contributed by atoms with Crippen molar-refractivity contribution >= 4 is 26.8 Å². The molecule has 2 aromatic rings. The van der Waals surface area contributed by atoms with Crippen LogP contribution in [0.5, 0.6) is 0 Å². The molecule has 1 aromatic heterocycles. The Balaban J connectivity index is 2.96. The topological polar surface area (TPSA) is 26.9 Å². The molecule has 0 radical (unpaired) electrons. The van der Waals surface area contributed by atoms with Crippen LogP contribution in [-0.2, 0) is 13.6 Å². The highest BCUT2D eigenvalue weighted by molar-refractivity contribution is 9.10. The summed E-state index contributed by atoms with van der Waals surface area (Å²) in [6.45, 7) is 2.82. The Kier molecular flexibility index (Phi) is 2.23. The van der Waals surface area contributed by atoms with Crippen LogP contribution >= 0.6 is 15.9 Å². The van der Waals surface area contributed by atoms with E-state index >= 15 is 0 Å². The summed E-state index contributed by atoms with van der Waals surface area (Å²) < 4.78 is 4.61. The number of aryl methyl sites for hydroxylation is 1. The number of halogens is 1. The number of benzene rings is 1. The lowest BCUT2D eigenvalue weighted by molar-refractivity contribution is 0.539. The monoisotopic (exact) mass is 254 g/mol. The van der Waals surface area contributed by atoms with Crippen LogP contribution < -0.4 is 5.56 Å². The van der Waals surface area contributed by atoms with Crippen molar-refractivity contribution in [3.05, 3.63) is 33.0 Å². The van der Waals surface area contributed by atoms with Gasteiger partial charge in [0.2, 0.25) is 0 Å². The predicted molar refractivity (Wildman–Crippen MR) is 60.6 cm³/mol. The molecule has 0 amide bonds. The van der Waals surface area contributed by atoms with Gasteiger partial charge in [0.1, 0.15) is 0 Å². The molecule has 0 unspecified atom stereocenters. The van der Waals surface area contributed by atoms with E-state index < -0.39 is 0 Å². The molecule has 4 heteroatoms. The van der Waals surface area contributed by atoms with E-state index in [1.807, 2.05) is 29.8 Å². The summed E-state index contributed by atoms with van der Waals surface area (Å²) in [5.74, 6) is 0. The van der Waals surface area contributed by atoms with E-state index in [0.717, 1.165) is 21.9 Å². The third-order valence-corrected chi connectivity index (χ3v) is 2.92. The standard InChI is InChI=1S/C10H11BrN2O/c1-3-13-9-6-7(11)4-5-8(9)10(14)12(13)2/h4-6H,3H2,1-2H3. The number of hydrogen-bond donors (Lipinski definition) is 0. The van der Waals surface area contributed by atoms with Crippen LogP contribution in [0.15, 0.2) is 27.5 Å². The molecule has 0 atom stereocenters. The number of fused-ring (bicyclic) bond motifs is 1. The fourth-order valence-corrected chi connectivity index (χ4v) is 2.08. The highest BCUT2D eigenvalue weighted by Gasteiger charge is 2.08. The van der Waals surface area contributed by atoms with Gasteiger partial charge in [-0.1, -0.05) is 15.9 Å². The van der Waals surface area contributed by atoms with Gasteiger partial charge in [-0.25, -0.2) is 0 Å². The average molecular weight is 255 g/mol. The van der Waals surface area contributed by atoms with Crippen molar-refractivity contribution in [3.8, 4) is 0 Å². The zero-order valence-electron chi connectivity index (χ0n) is 8.12. The summed E-state index contributed by atoms with van der Waals surface area (Å²) in [7, 11) is 1.79. The van der Waals surface area contributed by atoms with Gasteiger partial charge in [0, 0.05) is 18.1 Å². The van der Waals surface area contributed by atoms with Crippen molar-refractivity contribution in [1.29, 1.82) is 0 Å². The molecule has 0 saturated carbocycles. The summed E-state index contributed by atoms with van der Waals surface area (Å²) in [6.07, 6.45) is 0. The maximum Gasteiger partial charge on any atom is 0.274 e. The van der Waals surface area contributed by atoms with Gasteiger partial charge in [0.05, 0.1) is 10.9 Å². The molecular formula is C10H11BrN2O. The van der Waals surface area contributed by atoms with Crippen LogP contribution in [0.2, 0.25) is 0 Å². The first-order chi connectivity index (χ1) is 6.65. The highest BCUT2D eigenvalue weighted by Crippen LogP contribution is 2.17. The van der Waals surface area contributed by atoms with E-state index in [1.165, 1.54) is 0 Å². The van der Waals surface area contributed by atoms with Gasteiger partial charge in [0.15, 0.2) is 0 Å². The van der Waals surface area contributed by atoms with E-state index in [-0.39, 0.29) is 5.56 Å². The van der Waals surface area contributed by atoms with Gasteiger partial charge in [-0.15, -0.1) is 0 Å². The first-order valence-corrected chi connectivity index (χ1v) is 5.29. The SMILES string of the molecule is CCn1c2cc(Br)ccc2c(=O)n1C. The van der Waals surface area contributed by atoms with Gasteiger partial charge in [-0.3, -0.25) is 14.2 Å². The summed E-state index contributed by atoms with van der Waals surface area (Å²) in [6, 6.07) is 5.72. The molecule has 0 spiro atoms. The van der Waals surface area contributed by atoms with Gasteiger partial charge >= 0.3 is 0 Å². The lowest BCUT2D eigenvalue weighted by Gasteiger charge is -2.04. The molecule has 14 heavy (non-hydrogen) atoms. The minimum Gasteiger partial charge on any atom is -0.282 e. The third kappa shape index (κ3) is 1.21. The third-order valence-electron chi connectivity index (χ3n) is 2.42. The summed E-state index contributed by atoms with van der Waals surface area (Å²) in [5.41, 5.74) is 1.05. The first-order valence-electron chi connectivity index (χ1n) is 4.50. The van der Waals surface area contributed by atoms with Crippen molar-refractivity contribution < 1.29 is 0 Å². The molecule has 74 valence electrons. The molecule has 1 aromatic carbocycles. The Morgan fingerprint density at radius 3 is 2.79 bits per heavy atom. The zero-order valence-corrected chi connectivity index (χ0v) is 9.71. The average Bonchev–Trinajstić information content (AvgIpc) is 2.39. The Hall–Kier alpha value is -1.03. The Morgan fingerprint density at radius 2 is 2.14 bits per heavy atom. The minimum absolute atomic E-state index is 0.0642. The van der Waals surface area contributed by atoms with Crippen molar-refractivity contribution in [2.75, 3.05) is 0 Å². The molecule has 0 aliphatic heterocycles. The second-order valence-corrected chi connectivity index (χ2v) is 4.12. The van der Waals surface area contributed by atoms with Crippen molar-refractivity contribution in [2.24, 2.45) is 7.05 Å². The minimum atomic E-state index is 0.0642. The van der Waals surface area contributed by atoms with Gasteiger partial charge in [0.25, 0.3) is 5.56 Å². The van der Waals surface area contributed by atoms with Crippen molar-refractivity contribution in [2.45, 2.75) is 13.5 Å². The molecule has 0 aliphatic rings. The van der Waals surface area contributed by atoms with Crippen LogP contribution in [-0.4, -0.2) is 9.36 Å². The molecule has 0 saturated heterocycles. The van der Waals surface area contributed by atoms with E-state index in [0.29, 0.717) is 0 Å². The maximum atomic E-state index is 11.7. The fourth-order valence-electron chi connectivity index (χ4n) is 1.73.